The molecule has 0 aromatic carbocycles. The second-order valence-corrected chi connectivity index (χ2v) is 5.07. The maximum absolute atomic E-state index is 12.6. The SMILES string of the molecule is CCNC(c1cnn(C)c1)c1cnc(C(F)(F)F)s1. The quantitative estimate of drug-likeness (QED) is 0.941. The molecule has 1 atom stereocenters. The largest absolute Gasteiger partial charge is 0.443 e. The molecule has 0 amide bonds. The Hall–Kier alpha value is -1.41. The lowest BCUT2D eigenvalue weighted by Crippen LogP contribution is -2.20. The van der Waals surface area contributed by atoms with Crippen molar-refractivity contribution in [3.8, 4) is 0 Å². The molecule has 1 N–H and O–H groups in total. The number of hydrogen-bond donors (Lipinski definition) is 1. The molecule has 104 valence electrons. The fourth-order valence-electron chi connectivity index (χ4n) is 1.73. The number of thiazole rings is 1. The average molecular weight is 290 g/mol. The van der Waals surface area contributed by atoms with Gasteiger partial charge in [-0.15, -0.1) is 11.3 Å². The predicted octanol–water partition coefficient (Wildman–Crippen LogP) is 2.59. The Bertz CT molecular complexity index is 546. The number of rotatable bonds is 4. The number of nitrogens with one attached hydrogen (secondary N) is 1. The molecule has 19 heavy (non-hydrogen) atoms. The zero-order chi connectivity index (χ0) is 14.0. The molecule has 4 nitrogen and oxygen atoms in total. The third-order valence-corrected chi connectivity index (χ3v) is 3.62. The van der Waals surface area contributed by atoms with Gasteiger partial charge in [0.2, 0.25) is 0 Å². The smallest absolute Gasteiger partial charge is 0.306 e. The summed E-state index contributed by atoms with van der Waals surface area (Å²) in [6.07, 6.45) is 0.295. The van der Waals surface area contributed by atoms with Crippen LogP contribution in [0.3, 0.4) is 0 Å². The third-order valence-electron chi connectivity index (χ3n) is 2.52. The van der Waals surface area contributed by atoms with Gasteiger partial charge in [-0.3, -0.25) is 4.68 Å². The van der Waals surface area contributed by atoms with Gasteiger partial charge >= 0.3 is 6.18 Å². The number of alkyl halides is 3. The molecule has 2 aromatic rings. The average Bonchev–Trinajstić information content (AvgIpc) is 2.93. The van der Waals surface area contributed by atoms with Crippen LogP contribution in [0.15, 0.2) is 18.6 Å². The molecule has 0 radical (unpaired) electrons. The highest BCUT2D eigenvalue weighted by molar-refractivity contribution is 7.11. The highest BCUT2D eigenvalue weighted by Gasteiger charge is 2.35. The van der Waals surface area contributed by atoms with Crippen molar-refractivity contribution in [3.63, 3.8) is 0 Å². The highest BCUT2D eigenvalue weighted by atomic mass is 32.1. The van der Waals surface area contributed by atoms with Crippen molar-refractivity contribution < 1.29 is 13.2 Å². The second kappa shape index (κ2) is 5.30. The van der Waals surface area contributed by atoms with Crippen molar-refractivity contribution in [2.75, 3.05) is 6.54 Å². The Kier molecular flexibility index (Phi) is 3.91. The van der Waals surface area contributed by atoms with Crippen LogP contribution in [0.5, 0.6) is 0 Å². The van der Waals surface area contributed by atoms with Crippen molar-refractivity contribution in [1.82, 2.24) is 20.1 Å². The third kappa shape index (κ3) is 3.13. The van der Waals surface area contributed by atoms with Crippen molar-refractivity contribution >= 4 is 11.3 Å². The minimum Gasteiger partial charge on any atom is -0.306 e. The second-order valence-electron chi connectivity index (χ2n) is 4.00. The van der Waals surface area contributed by atoms with Gasteiger partial charge in [-0.2, -0.15) is 18.3 Å². The monoisotopic (exact) mass is 290 g/mol. The van der Waals surface area contributed by atoms with Gasteiger partial charge in [-0.1, -0.05) is 6.92 Å². The van der Waals surface area contributed by atoms with Gasteiger partial charge in [0.1, 0.15) is 0 Å². The summed E-state index contributed by atoms with van der Waals surface area (Å²) in [7, 11) is 1.76. The molecular formula is C11H13F3N4S. The summed E-state index contributed by atoms with van der Waals surface area (Å²) in [5, 5.41) is 6.36. The molecule has 2 heterocycles. The van der Waals surface area contributed by atoms with E-state index in [9.17, 15) is 13.2 Å². The number of aromatic nitrogens is 3. The summed E-state index contributed by atoms with van der Waals surface area (Å²) in [6, 6.07) is -0.313. The van der Waals surface area contributed by atoms with E-state index in [1.54, 1.807) is 24.1 Å². The van der Waals surface area contributed by atoms with Crippen LogP contribution in [0.4, 0.5) is 13.2 Å². The lowest BCUT2D eigenvalue weighted by Gasteiger charge is -2.13. The van der Waals surface area contributed by atoms with E-state index in [4.69, 9.17) is 0 Å². The van der Waals surface area contributed by atoms with Gasteiger partial charge in [0, 0.05) is 29.9 Å². The summed E-state index contributed by atoms with van der Waals surface area (Å²) in [5.41, 5.74) is 0.821. The summed E-state index contributed by atoms with van der Waals surface area (Å²) < 4.78 is 39.3. The molecule has 0 aliphatic heterocycles. The maximum Gasteiger partial charge on any atom is 0.443 e. The van der Waals surface area contributed by atoms with Crippen molar-refractivity contribution in [2.45, 2.75) is 19.1 Å². The molecule has 1 unspecified atom stereocenters. The van der Waals surface area contributed by atoms with Crippen molar-refractivity contribution in [1.29, 1.82) is 0 Å². The van der Waals surface area contributed by atoms with E-state index in [1.807, 2.05) is 6.92 Å². The summed E-state index contributed by atoms with van der Waals surface area (Å²) in [6.45, 7) is 2.54. The summed E-state index contributed by atoms with van der Waals surface area (Å²) >= 11 is 0.656. The van der Waals surface area contributed by atoms with E-state index < -0.39 is 11.2 Å². The fourth-order valence-corrected chi connectivity index (χ4v) is 2.61. The first-order valence-corrected chi connectivity index (χ1v) is 6.48. The number of halogens is 3. The molecule has 2 aromatic heterocycles. The molecule has 0 spiro atoms. The maximum atomic E-state index is 12.6. The van der Waals surface area contributed by atoms with Crippen LogP contribution in [0.1, 0.15) is 28.4 Å². The zero-order valence-electron chi connectivity index (χ0n) is 10.4. The Morgan fingerprint density at radius 1 is 1.42 bits per heavy atom. The molecule has 0 saturated carbocycles. The molecule has 0 bridgehead atoms. The van der Waals surface area contributed by atoms with Crippen LogP contribution in [0.2, 0.25) is 0 Å². The molecular weight excluding hydrogens is 277 g/mol. The Labute approximate surface area is 112 Å². The fraction of sp³-hybridized carbons (Fsp3) is 0.455. The standard InChI is InChI=1S/C11H13F3N4S/c1-3-15-9(7-4-17-18(2)6-7)8-5-16-10(19-8)11(12,13)14/h4-6,9,15H,3H2,1-2H3. The first-order chi connectivity index (χ1) is 8.91. The molecule has 0 fully saturated rings. The highest BCUT2D eigenvalue weighted by Crippen LogP contribution is 2.35. The molecule has 0 aliphatic rings. The van der Waals surface area contributed by atoms with Crippen LogP contribution in [-0.4, -0.2) is 21.3 Å². The summed E-state index contributed by atoms with van der Waals surface area (Å²) in [5.74, 6) is 0. The Morgan fingerprint density at radius 2 is 2.16 bits per heavy atom. The number of nitrogens with zero attached hydrogens (tertiary/aromatic N) is 3. The topological polar surface area (TPSA) is 42.7 Å². The van der Waals surface area contributed by atoms with Gasteiger partial charge in [-0.25, -0.2) is 4.98 Å². The lowest BCUT2D eigenvalue weighted by atomic mass is 10.1. The van der Waals surface area contributed by atoms with Gasteiger partial charge < -0.3 is 5.32 Å². The van der Waals surface area contributed by atoms with E-state index in [1.165, 1.54) is 6.20 Å². The molecule has 0 aliphatic carbocycles. The number of hydrogen-bond acceptors (Lipinski definition) is 4. The summed E-state index contributed by atoms with van der Waals surface area (Å²) in [4.78, 5) is 3.98. The van der Waals surface area contributed by atoms with E-state index in [2.05, 4.69) is 15.4 Å². The minimum absolute atomic E-state index is 0.313. The zero-order valence-corrected chi connectivity index (χ0v) is 11.2. The molecule has 8 heteroatoms. The first kappa shape index (κ1) is 14.0. The predicted molar refractivity (Wildman–Crippen MR) is 65.8 cm³/mol. The van der Waals surface area contributed by atoms with E-state index >= 15 is 0 Å². The van der Waals surface area contributed by atoms with Gasteiger partial charge in [0.25, 0.3) is 0 Å². The molecule has 2 rings (SSSR count). The van der Waals surface area contributed by atoms with Gasteiger partial charge in [-0.05, 0) is 6.54 Å². The van der Waals surface area contributed by atoms with Crippen LogP contribution in [0, 0.1) is 0 Å². The number of aryl methyl sites for hydroxylation is 1. The van der Waals surface area contributed by atoms with Crippen molar-refractivity contribution in [3.05, 3.63) is 34.0 Å². The van der Waals surface area contributed by atoms with E-state index in [-0.39, 0.29) is 6.04 Å². The molecule has 0 saturated heterocycles. The normalized spacial score (nSPS) is 13.7. The Balaban J connectivity index is 2.32. The van der Waals surface area contributed by atoms with E-state index in [0.717, 1.165) is 5.56 Å². The first-order valence-electron chi connectivity index (χ1n) is 5.66. The van der Waals surface area contributed by atoms with Crippen LogP contribution >= 0.6 is 11.3 Å². The van der Waals surface area contributed by atoms with Crippen molar-refractivity contribution in [2.24, 2.45) is 7.05 Å². The van der Waals surface area contributed by atoms with E-state index in [0.29, 0.717) is 22.8 Å². The minimum atomic E-state index is -4.39. The van der Waals surface area contributed by atoms with Crippen LogP contribution < -0.4 is 5.32 Å². The van der Waals surface area contributed by atoms with Crippen LogP contribution in [0.25, 0.3) is 0 Å². The Morgan fingerprint density at radius 3 is 2.63 bits per heavy atom. The van der Waals surface area contributed by atoms with Crippen LogP contribution in [-0.2, 0) is 13.2 Å². The van der Waals surface area contributed by atoms with Gasteiger partial charge in [0.05, 0.1) is 12.2 Å². The lowest BCUT2D eigenvalue weighted by molar-refractivity contribution is -0.137. The van der Waals surface area contributed by atoms with Gasteiger partial charge in [0.15, 0.2) is 5.01 Å².